The average Bonchev–Trinajstić information content (AvgIpc) is 3.10. The first-order valence-corrected chi connectivity index (χ1v) is 5.60. The summed E-state index contributed by atoms with van der Waals surface area (Å²) in [7, 11) is 0. The molecule has 0 bridgehead atoms. The maximum Gasteiger partial charge on any atom is 0.226 e. The number of nitrogens with zero attached hydrogens (tertiary/aromatic N) is 1. The lowest BCUT2D eigenvalue weighted by atomic mass is 10.1. The van der Waals surface area contributed by atoms with E-state index in [1.54, 1.807) is 13.1 Å². The van der Waals surface area contributed by atoms with Crippen molar-refractivity contribution < 1.29 is 4.79 Å². The first kappa shape index (κ1) is 10.9. The maximum absolute atomic E-state index is 11.0. The molecule has 16 heavy (non-hydrogen) atoms. The molecule has 0 aromatic carbocycles. The molecule has 3 nitrogen and oxygen atoms in total. The minimum atomic E-state index is -0.339. The van der Waals surface area contributed by atoms with E-state index in [-0.39, 0.29) is 11.8 Å². The van der Waals surface area contributed by atoms with Crippen molar-refractivity contribution in [2.75, 3.05) is 0 Å². The monoisotopic (exact) mass is 216 g/mol. The zero-order valence-corrected chi connectivity index (χ0v) is 9.39. The first-order valence-electron chi connectivity index (χ1n) is 5.60. The van der Waals surface area contributed by atoms with E-state index in [4.69, 9.17) is 5.73 Å². The molecule has 1 aromatic rings. The van der Waals surface area contributed by atoms with Crippen molar-refractivity contribution in [2.24, 2.45) is 11.7 Å². The molecule has 1 fully saturated rings. The third-order valence-corrected chi connectivity index (χ3v) is 2.86. The van der Waals surface area contributed by atoms with Gasteiger partial charge in [0.15, 0.2) is 0 Å². The number of hydrogen-bond donors (Lipinski definition) is 1. The van der Waals surface area contributed by atoms with Crippen LogP contribution < -0.4 is 5.73 Å². The number of primary amides is 1. The van der Waals surface area contributed by atoms with Gasteiger partial charge in [0.2, 0.25) is 5.91 Å². The Kier molecular flexibility index (Phi) is 3.04. The number of carbonyl (C=O) groups excluding carboxylic acids is 1. The summed E-state index contributed by atoms with van der Waals surface area (Å²) in [5.41, 5.74) is 7.03. The fourth-order valence-corrected chi connectivity index (χ4v) is 1.45. The average molecular weight is 216 g/mol. The smallest absolute Gasteiger partial charge is 0.226 e. The zero-order valence-electron chi connectivity index (χ0n) is 9.39. The molecule has 0 aliphatic heterocycles. The SMILES string of the molecule is CC(C(N)=O)c1ccc(C=CC2CC2)cn1. The van der Waals surface area contributed by atoms with Gasteiger partial charge in [0.05, 0.1) is 11.6 Å². The van der Waals surface area contributed by atoms with Gasteiger partial charge in [-0.1, -0.05) is 18.2 Å². The number of nitrogens with two attached hydrogens (primary N) is 1. The molecule has 1 aliphatic rings. The minimum Gasteiger partial charge on any atom is -0.369 e. The van der Waals surface area contributed by atoms with Gasteiger partial charge < -0.3 is 5.73 Å². The van der Waals surface area contributed by atoms with Gasteiger partial charge in [0.1, 0.15) is 0 Å². The summed E-state index contributed by atoms with van der Waals surface area (Å²) in [6.45, 7) is 1.77. The lowest BCUT2D eigenvalue weighted by molar-refractivity contribution is -0.119. The summed E-state index contributed by atoms with van der Waals surface area (Å²) in [5, 5.41) is 0. The van der Waals surface area contributed by atoms with Crippen molar-refractivity contribution in [3.8, 4) is 0 Å². The molecule has 0 saturated heterocycles. The summed E-state index contributed by atoms with van der Waals surface area (Å²) < 4.78 is 0. The molecule has 1 atom stereocenters. The van der Waals surface area contributed by atoms with Crippen molar-refractivity contribution in [2.45, 2.75) is 25.7 Å². The zero-order chi connectivity index (χ0) is 11.5. The molecule has 1 amide bonds. The summed E-state index contributed by atoms with van der Waals surface area (Å²) >= 11 is 0. The summed E-state index contributed by atoms with van der Waals surface area (Å²) in [6, 6.07) is 3.84. The Morgan fingerprint density at radius 3 is 2.81 bits per heavy atom. The molecule has 0 radical (unpaired) electrons. The van der Waals surface area contributed by atoms with E-state index in [1.807, 2.05) is 12.1 Å². The Morgan fingerprint density at radius 1 is 1.56 bits per heavy atom. The highest BCUT2D eigenvalue weighted by Gasteiger charge is 2.17. The predicted molar refractivity (Wildman–Crippen MR) is 63.6 cm³/mol. The molecule has 1 saturated carbocycles. The van der Waals surface area contributed by atoms with Crippen LogP contribution in [0.1, 0.15) is 36.9 Å². The Hall–Kier alpha value is -1.64. The van der Waals surface area contributed by atoms with Crippen LogP contribution in [0.3, 0.4) is 0 Å². The first-order chi connectivity index (χ1) is 7.66. The Bertz CT molecular complexity index is 404. The van der Waals surface area contributed by atoms with Crippen LogP contribution in [-0.4, -0.2) is 10.9 Å². The van der Waals surface area contributed by atoms with Gasteiger partial charge in [-0.2, -0.15) is 0 Å². The number of carbonyl (C=O) groups is 1. The second-order valence-corrected chi connectivity index (χ2v) is 4.34. The van der Waals surface area contributed by atoms with Gasteiger partial charge in [-0.05, 0) is 37.3 Å². The molecule has 3 heteroatoms. The van der Waals surface area contributed by atoms with E-state index >= 15 is 0 Å². The van der Waals surface area contributed by atoms with Crippen LogP contribution in [-0.2, 0) is 4.79 Å². The van der Waals surface area contributed by atoms with Gasteiger partial charge in [-0.25, -0.2) is 0 Å². The van der Waals surface area contributed by atoms with Gasteiger partial charge in [-0.15, -0.1) is 0 Å². The number of aromatic nitrogens is 1. The molecule has 0 spiro atoms. The summed E-state index contributed by atoms with van der Waals surface area (Å²) in [6.07, 6.45) is 8.70. The number of rotatable bonds is 4. The fourth-order valence-electron chi connectivity index (χ4n) is 1.45. The van der Waals surface area contributed by atoms with E-state index < -0.39 is 0 Å². The normalized spacial score (nSPS) is 17.6. The van der Waals surface area contributed by atoms with Crippen LogP contribution in [0.5, 0.6) is 0 Å². The maximum atomic E-state index is 11.0. The van der Waals surface area contributed by atoms with Crippen molar-refractivity contribution >= 4 is 12.0 Å². The topological polar surface area (TPSA) is 56.0 Å². The molecule has 2 N–H and O–H groups in total. The largest absolute Gasteiger partial charge is 0.369 e. The molecule has 1 aliphatic carbocycles. The van der Waals surface area contributed by atoms with Crippen molar-refractivity contribution in [3.63, 3.8) is 0 Å². The number of allylic oxidation sites excluding steroid dienone is 1. The van der Waals surface area contributed by atoms with Gasteiger partial charge in [0.25, 0.3) is 0 Å². The van der Waals surface area contributed by atoms with E-state index in [0.717, 1.165) is 17.2 Å². The molecule has 84 valence electrons. The van der Waals surface area contributed by atoms with Gasteiger partial charge in [0, 0.05) is 6.20 Å². The Labute approximate surface area is 95.4 Å². The second-order valence-electron chi connectivity index (χ2n) is 4.34. The van der Waals surface area contributed by atoms with Crippen molar-refractivity contribution in [1.82, 2.24) is 4.98 Å². The van der Waals surface area contributed by atoms with Crippen LogP contribution in [0.25, 0.3) is 6.08 Å². The van der Waals surface area contributed by atoms with E-state index in [9.17, 15) is 4.79 Å². The summed E-state index contributed by atoms with van der Waals surface area (Å²) in [4.78, 5) is 15.2. The Balaban J connectivity index is 2.06. The fraction of sp³-hybridized carbons (Fsp3) is 0.385. The van der Waals surface area contributed by atoms with Gasteiger partial charge in [-0.3, -0.25) is 9.78 Å². The lowest BCUT2D eigenvalue weighted by Gasteiger charge is -2.05. The van der Waals surface area contributed by atoms with Crippen LogP contribution >= 0.6 is 0 Å². The predicted octanol–water partition coefficient (Wildman–Crippen LogP) is 2.09. The van der Waals surface area contributed by atoms with Crippen LogP contribution in [0.15, 0.2) is 24.4 Å². The van der Waals surface area contributed by atoms with Crippen molar-refractivity contribution in [3.05, 3.63) is 35.7 Å². The minimum absolute atomic E-state index is 0.318. The van der Waals surface area contributed by atoms with E-state index in [0.29, 0.717) is 0 Å². The number of pyridine rings is 1. The lowest BCUT2D eigenvalue weighted by Crippen LogP contribution is -2.19. The van der Waals surface area contributed by atoms with Crippen LogP contribution in [0, 0.1) is 5.92 Å². The third-order valence-electron chi connectivity index (χ3n) is 2.86. The molecule has 2 rings (SSSR count). The standard InChI is InChI=1S/C13H16N2O/c1-9(13(14)16)12-7-6-11(8-15-12)5-4-10-2-3-10/h4-10H,2-3H2,1H3,(H2,14,16). The molecule has 1 unspecified atom stereocenters. The molecule has 1 aromatic heterocycles. The summed E-state index contributed by atoms with van der Waals surface area (Å²) in [5.74, 6) is 0.111. The molecular weight excluding hydrogens is 200 g/mol. The molecule has 1 heterocycles. The van der Waals surface area contributed by atoms with Gasteiger partial charge >= 0.3 is 0 Å². The van der Waals surface area contributed by atoms with E-state index in [1.165, 1.54) is 12.8 Å². The highest BCUT2D eigenvalue weighted by molar-refractivity contribution is 5.80. The quantitative estimate of drug-likeness (QED) is 0.837. The number of hydrogen-bond acceptors (Lipinski definition) is 2. The Morgan fingerprint density at radius 2 is 2.31 bits per heavy atom. The third kappa shape index (κ3) is 2.69. The van der Waals surface area contributed by atoms with Crippen molar-refractivity contribution in [1.29, 1.82) is 0 Å². The van der Waals surface area contributed by atoms with E-state index in [2.05, 4.69) is 17.1 Å². The highest BCUT2D eigenvalue weighted by Crippen LogP contribution is 2.30. The highest BCUT2D eigenvalue weighted by atomic mass is 16.1. The van der Waals surface area contributed by atoms with Crippen LogP contribution in [0.2, 0.25) is 0 Å². The second kappa shape index (κ2) is 4.47. The number of amides is 1. The molecular formula is C13H16N2O. The van der Waals surface area contributed by atoms with Crippen LogP contribution in [0.4, 0.5) is 0 Å².